The Hall–Kier alpha value is -0.600. The third kappa shape index (κ3) is 4.58. The summed E-state index contributed by atoms with van der Waals surface area (Å²) in [5, 5.41) is 3.91. The summed E-state index contributed by atoms with van der Waals surface area (Å²) >= 11 is 5.77. The Morgan fingerprint density at radius 3 is 2.61 bits per heavy atom. The van der Waals surface area contributed by atoms with Crippen LogP contribution in [0.4, 0.5) is 4.39 Å². The van der Waals surface area contributed by atoms with Gasteiger partial charge in [0.2, 0.25) is 0 Å². The number of halogens is 2. The lowest BCUT2D eigenvalue weighted by atomic mass is 9.91. The van der Waals surface area contributed by atoms with Crippen LogP contribution in [0.3, 0.4) is 0 Å². The Morgan fingerprint density at radius 1 is 1.33 bits per heavy atom. The summed E-state index contributed by atoms with van der Waals surface area (Å²) in [4.78, 5) is 0. The molecule has 0 saturated carbocycles. The maximum absolute atomic E-state index is 13.8. The first-order chi connectivity index (χ1) is 8.58. The summed E-state index contributed by atoms with van der Waals surface area (Å²) in [6.45, 7) is 7.41. The highest BCUT2D eigenvalue weighted by atomic mass is 35.5. The van der Waals surface area contributed by atoms with Crippen LogP contribution in [-0.2, 0) is 6.42 Å². The summed E-state index contributed by atoms with van der Waals surface area (Å²) in [6.07, 6.45) is 3.04. The summed E-state index contributed by atoms with van der Waals surface area (Å²) < 4.78 is 13.8. The van der Waals surface area contributed by atoms with E-state index in [1.807, 2.05) is 0 Å². The molecule has 0 amide bonds. The largest absolute Gasteiger partial charge is 0.314 e. The van der Waals surface area contributed by atoms with Gasteiger partial charge in [-0.3, -0.25) is 0 Å². The number of hydrogen-bond acceptors (Lipinski definition) is 1. The number of rotatable bonds is 7. The van der Waals surface area contributed by atoms with E-state index < -0.39 is 0 Å². The average Bonchev–Trinajstić information content (AvgIpc) is 2.32. The van der Waals surface area contributed by atoms with Crippen molar-refractivity contribution < 1.29 is 4.39 Å². The summed E-state index contributed by atoms with van der Waals surface area (Å²) in [5.41, 5.74) is 0.744. The third-order valence-electron chi connectivity index (χ3n) is 3.35. The van der Waals surface area contributed by atoms with Crippen LogP contribution in [-0.4, -0.2) is 12.6 Å². The molecule has 0 spiro atoms. The Morgan fingerprint density at radius 2 is 2.06 bits per heavy atom. The number of benzene rings is 1. The molecule has 1 aromatic carbocycles. The monoisotopic (exact) mass is 271 g/mol. The molecular weight excluding hydrogens is 249 g/mol. The molecule has 2 atom stereocenters. The van der Waals surface area contributed by atoms with Gasteiger partial charge < -0.3 is 5.32 Å². The zero-order chi connectivity index (χ0) is 13.5. The molecule has 102 valence electrons. The van der Waals surface area contributed by atoms with Gasteiger partial charge in [-0.15, -0.1) is 0 Å². The van der Waals surface area contributed by atoms with Gasteiger partial charge in [0.25, 0.3) is 0 Å². The van der Waals surface area contributed by atoms with Crippen LogP contribution in [0.25, 0.3) is 0 Å². The fraction of sp³-hybridized carbons (Fsp3) is 0.600. The van der Waals surface area contributed by atoms with Crippen molar-refractivity contribution in [2.45, 2.75) is 46.1 Å². The summed E-state index contributed by atoms with van der Waals surface area (Å²) in [6, 6.07) is 5.27. The Kier molecular flexibility index (Phi) is 6.66. The topological polar surface area (TPSA) is 12.0 Å². The number of nitrogens with one attached hydrogen (secondary N) is 1. The molecule has 18 heavy (non-hydrogen) atoms. The molecule has 1 aromatic rings. The van der Waals surface area contributed by atoms with Crippen molar-refractivity contribution in [3.63, 3.8) is 0 Å². The summed E-state index contributed by atoms with van der Waals surface area (Å²) in [7, 11) is 0. The van der Waals surface area contributed by atoms with Gasteiger partial charge in [-0.25, -0.2) is 4.39 Å². The lowest BCUT2D eigenvalue weighted by Gasteiger charge is -2.25. The predicted molar refractivity (Wildman–Crippen MR) is 76.7 cm³/mol. The fourth-order valence-corrected chi connectivity index (χ4v) is 2.48. The highest BCUT2D eigenvalue weighted by molar-refractivity contribution is 6.30. The molecule has 0 aliphatic rings. The molecule has 0 bridgehead atoms. The minimum atomic E-state index is -0.200. The van der Waals surface area contributed by atoms with Crippen LogP contribution in [0, 0.1) is 11.7 Å². The standard InChI is InChI=1S/C15H23ClFN/c1-4-6-11(3)15(18-5-2)9-12-7-8-13(16)10-14(12)17/h7-8,10-11,15,18H,4-6,9H2,1-3H3. The van der Waals surface area contributed by atoms with Crippen LogP contribution in [0.15, 0.2) is 18.2 Å². The second kappa shape index (κ2) is 7.75. The molecule has 0 aliphatic carbocycles. The van der Waals surface area contributed by atoms with Gasteiger partial charge in [0, 0.05) is 11.1 Å². The van der Waals surface area contributed by atoms with Gasteiger partial charge in [-0.2, -0.15) is 0 Å². The highest BCUT2D eigenvalue weighted by Crippen LogP contribution is 2.20. The molecule has 0 heterocycles. The van der Waals surface area contributed by atoms with Gasteiger partial charge >= 0.3 is 0 Å². The van der Waals surface area contributed by atoms with Crippen LogP contribution < -0.4 is 5.32 Å². The first-order valence-electron chi connectivity index (χ1n) is 6.75. The number of likely N-dealkylation sites (N-methyl/N-ethyl adjacent to an activating group) is 1. The van der Waals surface area contributed by atoms with Crippen LogP contribution in [0.5, 0.6) is 0 Å². The fourth-order valence-electron chi connectivity index (χ4n) is 2.32. The van der Waals surface area contributed by atoms with Crippen LogP contribution in [0.1, 0.15) is 39.2 Å². The van der Waals surface area contributed by atoms with Crippen molar-refractivity contribution in [2.24, 2.45) is 5.92 Å². The first kappa shape index (κ1) is 15.5. The lowest BCUT2D eigenvalue weighted by molar-refractivity contribution is 0.354. The van der Waals surface area contributed by atoms with E-state index in [1.54, 1.807) is 12.1 Å². The second-order valence-electron chi connectivity index (χ2n) is 4.87. The summed E-state index contributed by atoms with van der Waals surface area (Å²) in [5.74, 6) is 0.346. The Balaban J connectivity index is 2.75. The van der Waals surface area contributed by atoms with Crippen molar-refractivity contribution >= 4 is 11.6 Å². The second-order valence-corrected chi connectivity index (χ2v) is 5.31. The Labute approximate surface area is 115 Å². The molecule has 3 heteroatoms. The van der Waals surface area contributed by atoms with E-state index in [0.29, 0.717) is 17.0 Å². The van der Waals surface area contributed by atoms with Gasteiger partial charge in [0.1, 0.15) is 5.82 Å². The molecule has 0 saturated heterocycles. The van der Waals surface area contributed by atoms with Crippen molar-refractivity contribution in [1.82, 2.24) is 5.32 Å². The molecule has 1 N–H and O–H groups in total. The number of hydrogen-bond donors (Lipinski definition) is 1. The van der Waals surface area contributed by atoms with E-state index in [9.17, 15) is 4.39 Å². The molecule has 2 unspecified atom stereocenters. The SMILES string of the molecule is CCCC(C)C(Cc1ccc(Cl)cc1F)NCC. The Bertz CT molecular complexity index is 368. The maximum Gasteiger partial charge on any atom is 0.127 e. The van der Waals surface area contributed by atoms with Gasteiger partial charge in [-0.05, 0) is 43.0 Å². The van der Waals surface area contributed by atoms with Crippen molar-refractivity contribution in [2.75, 3.05) is 6.54 Å². The van der Waals surface area contributed by atoms with Gasteiger partial charge in [-0.1, -0.05) is 44.9 Å². The van der Waals surface area contributed by atoms with E-state index >= 15 is 0 Å². The van der Waals surface area contributed by atoms with Crippen LogP contribution in [0.2, 0.25) is 5.02 Å². The average molecular weight is 272 g/mol. The molecule has 0 aromatic heterocycles. The smallest absolute Gasteiger partial charge is 0.127 e. The molecular formula is C15H23ClFN. The van der Waals surface area contributed by atoms with E-state index in [-0.39, 0.29) is 5.82 Å². The highest BCUT2D eigenvalue weighted by Gasteiger charge is 2.17. The molecule has 0 fully saturated rings. The van der Waals surface area contributed by atoms with E-state index in [0.717, 1.165) is 31.4 Å². The van der Waals surface area contributed by atoms with Gasteiger partial charge in [0.15, 0.2) is 0 Å². The molecule has 0 radical (unpaired) electrons. The normalized spacial score (nSPS) is 14.5. The minimum absolute atomic E-state index is 0.200. The quantitative estimate of drug-likeness (QED) is 0.773. The predicted octanol–water partition coefficient (Wildman–Crippen LogP) is 4.44. The molecule has 0 aliphatic heterocycles. The zero-order valence-electron chi connectivity index (χ0n) is 11.5. The first-order valence-corrected chi connectivity index (χ1v) is 7.13. The molecule has 1 nitrogen and oxygen atoms in total. The van der Waals surface area contributed by atoms with Crippen molar-refractivity contribution in [3.8, 4) is 0 Å². The van der Waals surface area contributed by atoms with Crippen molar-refractivity contribution in [3.05, 3.63) is 34.6 Å². The van der Waals surface area contributed by atoms with Crippen LogP contribution >= 0.6 is 11.6 Å². The third-order valence-corrected chi connectivity index (χ3v) is 3.59. The van der Waals surface area contributed by atoms with E-state index in [1.165, 1.54) is 6.07 Å². The lowest BCUT2D eigenvalue weighted by Crippen LogP contribution is -2.37. The molecule has 1 rings (SSSR count). The zero-order valence-corrected chi connectivity index (χ0v) is 12.2. The minimum Gasteiger partial charge on any atom is -0.314 e. The van der Waals surface area contributed by atoms with E-state index in [2.05, 4.69) is 26.1 Å². The van der Waals surface area contributed by atoms with E-state index in [4.69, 9.17) is 11.6 Å². The van der Waals surface area contributed by atoms with Crippen molar-refractivity contribution in [1.29, 1.82) is 0 Å². The maximum atomic E-state index is 13.8. The van der Waals surface area contributed by atoms with Gasteiger partial charge in [0.05, 0.1) is 0 Å².